The number of nitrogens with zero attached hydrogens (tertiary/aromatic N) is 1. The minimum absolute atomic E-state index is 0. The molecule has 0 aromatic heterocycles. The fraction of sp³-hybridized carbons (Fsp3) is 0.462. The van der Waals surface area contributed by atoms with E-state index in [0.717, 1.165) is 25.0 Å². The van der Waals surface area contributed by atoms with Gasteiger partial charge in [0.15, 0.2) is 0 Å². The lowest BCUT2D eigenvalue weighted by atomic mass is 10.0. The van der Waals surface area contributed by atoms with Crippen LogP contribution in [0.2, 0.25) is 0 Å². The molecule has 1 atom stereocenters. The summed E-state index contributed by atoms with van der Waals surface area (Å²) in [6.45, 7) is 1.18. The lowest BCUT2D eigenvalue weighted by Gasteiger charge is -2.32. The second-order valence-electron chi connectivity index (χ2n) is 4.50. The van der Waals surface area contributed by atoms with Crippen molar-refractivity contribution >= 4 is 18.3 Å². The number of hydrogen-bond acceptors (Lipinski definition) is 2. The van der Waals surface area contributed by atoms with Crippen molar-refractivity contribution in [2.75, 3.05) is 20.1 Å². The lowest BCUT2D eigenvalue weighted by molar-refractivity contribution is 0.0693. The predicted octanol–water partition coefficient (Wildman–Crippen LogP) is 2.21. The van der Waals surface area contributed by atoms with Gasteiger partial charge < -0.3 is 10.2 Å². The first kappa shape index (κ1) is 15.9. The number of carbonyl (C=O) groups is 1. The second kappa shape index (κ2) is 6.82. The highest BCUT2D eigenvalue weighted by Gasteiger charge is 2.25. The lowest BCUT2D eigenvalue weighted by Crippen LogP contribution is -2.47. The molecule has 3 nitrogen and oxygen atoms in total. The standard InChI is InChI=1S/C13H16F2N2O.ClH/c1-16-10-3-2-6-17(8-10)13(18)11-5-4-9(14)7-12(11)15;/h4-5,7,10,16H,2-3,6,8H2,1H3;1H. The summed E-state index contributed by atoms with van der Waals surface area (Å²) in [4.78, 5) is 13.7. The fourth-order valence-corrected chi connectivity index (χ4v) is 2.23. The summed E-state index contributed by atoms with van der Waals surface area (Å²) >= 11 is 0. The first-order valence-electron chi connectivity index (χ1n) is 6.03. The van der Waals surface area contributed by atoms with E-state index in [-0.39, 0.29) is 29.9 Å². The molecule has 0 bridgehead atoms. The highest BCUT2D eigenvalue weighted by atomic mass is 35.5. The van der Waals surface area contributed by atoms with E-state index in [1.165, 1.54) is 6.07 Å². The average molecular weight is 291 g/mol. The van der Waals surface area contributed by atoms with E-state index >= 15 is 0 Å². The van der Waals surface area contributed by atoms with Crippen molar-refractivity contribution in [3.05, 3.63) is 35.4 Å². The number of amides is 1. The number of hydrogen-bond donors (Lipinski definition) is 1. The van der Waals surface area contributed by atoms with Crippen LogP contribution < -0.4 is 5.32 Å². The zero-order valence-corrected chi connectivity index (χ0v) is 11.5. The summed E-state index contributed by atoms with van der Waals surface area (Å²) in [7, 11) is 1.84. The van der Waals surface area contributed by atoms with Gasteiger partial charge in [0, 0.05) is 25.2 Å². The average Bonchev–Trinajstić information content (AvgIpc) is 2.38. The van der Waals surface area contributed by atoms with Crippen LogP contribution in [0.25, 0.3) is 0 Å². The van der Waals surface area contributed by atoms with Crippen molar-refractivity contribution in [2.24, 2.45) is 0 Å². The second-order valence-corrected chi connectivity index (χ2v) is 4.50. The highest BCUT2D eigenvalue weighted by Crippen LogP contribution is 2.16. The Kier molecular flexibility index (Phi) is 5.69. The molecule has 1 amide bonds. The summed E-state index contributed by atoms with van der Waals surface area (Å²) in [6.07, 6.45) is 1.90. The Labute approximate surface area is 117 Å². The maximum atomic E-state index is 13.5. The number of nitrogens with one attached hydrogen (secondary N) is 1. The molecule has 1 N–H and O–H groups in total. The van der Waals surface area contributed by atoms with E-state index in [0.29, 0.717) is 13.1 Å². The maximum Gasteiger partial charge on any atom is 0.256 e. The molecule has 1 heterocycles. The smallest absolute Gasteiger partial charge is 0.256 e. The van der Waals surface area contributed by atoms with Gasteiger partial charge >= 0.3 is 0 Å². The molecule has 1 aliphatic heterocycles. The van der Waals surface area contributed by atoms with Gasteiger partial charge in [-0.3, -0.25) is 4.79 Å². The van der Waals surface area contributed by atoms with Gasteiger partial charge in [0.05, 0.1) is 5.56 Å². The van der Waals surface area contributed by atoms with Crippen LogP contribution in [0.5, 0.6) is 0 Å². The van der Waals surface area contributed by atoms with E-state index in [4.69, 9.17) is 0 Å². The molecule has 1 aliphatic rings. The SMILES string of the molecule is CNC1CCCN(C(=O)c2ccc(F)cc2F)C1.Cl. The number of piperidine rings is 1. The van der Waals surface area contributed by atoms with E-state index in [9.17, 15) is 13.6 Å². The molecule has 0 radical (unpaired) electrons. The number of benzene rings is 1. The summed E-state index contributed by atoms with van der Waals surface area (Å²) in [5.74, 6) is -1.84. The number of likely N-dealkylation sites (tertiary alicyclic amines) is 1. The van der Waals surface area contributed by atoms with Gasteiger partial charge in [-0.1, -0.05) is 0 Å². The zero-order chi connectivity index (χ0) is 13.1. The Balaban J connectivity index is 0.00000180. The van der Waals surface area contributed by atoms with Gasteiger partial charge in [-0.05, 0) is 32.0 Å². The van der Waals surface area contributed by atoms with Gasteiger partial charge in [-0.2, -0.15) is 0 Å². The molecule has 1 fully saturated rings. The largest absolute Gasteiger partial charge is 0.337 e. The molecule has 1 saturated heterocycles. The third kappa shape index (κ3) is 3.64. The Hall–Kier alpha value is -1.20. The summed E-state index contributed by atoms with van der Waals surface area (Å²) in [5.41, 5.74) is -0.0619. The van der Waals surface area contributed by atoms with Crippen molar-refractivity contribution in [3.8, 4) is 0 Å². The molecule has 0 spiro atoms. The predicted molar refractivity (Wildman–Crippen MR) is 71.6 cm³/mol. The van der Waals surface area contributed by atoms with E-state index in [1.54, 1.807) is 4.90 Å². The quantitative estimate of drug-likeness (QED) is 0.906. The van der Waals surface area contributed by atoms with Crippen LogP contribution >= 0.6 is 12.4 Å². The molecule has 0 saturated carbocycles. The van der Waals surface area contributed by atoms with Gasteiger partial charge in [-0.25, -0.2) is 8.78 Å². The zero-order valence-electron chi connectivity index (χ0n) is 10.7. The molecule has 1 aromatic carbocycles. The Morgan fingerprint density at radius 3 is 2.79 bits per heavy atom. The van der Waals surface area contributed by atoms with E-state index in [2.05, 4.69) is 5.32 Å². The Morgan fingerprint density at radius 2 is 2.16 bits per heavy atom. The normalized spacial score (nSPS) is 18.9. The van der Waals surface area contributed by atoms with Crippen molar-refractivity contribution in [1.29, 1.82) is 0 Å². The number of likely N-dealkylation sites (N-methyl/N-ethyl adjacent to an activating group) is 1. The summed E-state index contributed by atoms with van der Waals surface area (Å²) in [6, 6.07) is 3.30. The van der Waals surface area contributed by atoms with Crippen LogP contribution in [0.15, 0.2) is 18.2 Å². The van der Waals surface area contributed by atoms with E-state index < -0.39 is 11.6 Å². The third-order valence-electron chi connectivity index (χ3n) is 3.28. The summed E-state index contributed by atoms with van der Waals surface area (Å²) < 4.78 is 26.3. The molecule has 6 heteroatoms. The first-order valence-corrected chi connectivity index (χ1v) is 6.03. The van der Waals surface area contributed by atoms with Crippen molar-refractivity contribution in [1.82, 2.24) is 10.2 Å². The molecule has 0 aliphatic carbocycles. The van der Waals surface area contributed by atoms with Crippen molar-refractivity contribution in [2.45, 2.75) is 18.9 Å². The number of halogens is 3. The minimum Gasteiger partial charge on any atom is -0.337 e. The van der Waals surface area contributed by atoms with Gasteiger partial charge in [0.1, 0.15) is 11.6 Å². The van der Waals surface area contributed by atoms with Gasteiger partial charge in [-0.15, -0.1) is 12.4 Å². The molecular formula is C13H17ClF2N2O. The van der Waals surface area contributed by atoms with Crippen LogP contribution in [-0.4, -0.2) is 37.0 Å². The monoisotopic (exact) mass is 290 g/mol. The first-order chi connectivity index (χ1) is 8.61. The van der Waals surface area contributed by atoms with Crippen molar-refractivity contribution < 1.29 is 13.6 Å². The number of carbonyl (C=O) groups excluding carboxylic acids is 1. The minimum atomic E-state index is -0.799. The van der Waals surface area contributed by atoms with Gasteiger partial charge in [0.2, 0.25) is 0 Å². The van der Waals surface area contributed by atoms with E-state index in [1.807, 2.05) is 7.05 Å². The molecule has 1 aromatic rings. The molecule has 1 unspecified atom stereocenters. The van der Waals surface area contributed by atoms with Crippen LogP contribution in [0, 0.1) is 11.6 Å². The Morgan fingerprint density at radius 1 is 1.42 bits per heavy atom. The van der Waals surface area contributed by atoms with Crippen molar-refractivity contribution in [3.63, 3.8) is 0 Å². The Bertz CT molecular complexity index is 456. The fourth-order valence-electron chi connectivity index (χ4n) is 2.23. The van der Waals surface area contributed by atoms with Crippen LogP contribution in [-0.2, 0) is 0 Å². The van der Waals surface area contributed by atoms with Crippen LogP contribution in [0.3, 0.4) is 0 Å². The molecule has 19 heavy (non-hydrogen) atoms. The highest BCUT2D eigenvalue weighted by molar-refractivity contribution is 5.94. The topological polar surface area (TPSA) is 32.3 Å². The maximum absolute atomic E-state index is 13.5. The third-order valence-corrected chi connectivity index (χ3v) is 3.28. The molecular weight excluding hydrogens is 274 g/mol. The van der Waals surface area contributed by atoms with Crippen LogP contribution in [0.1, 0.15) is 23.2 Å². The molecule has 2 rings (SSSR count). The molecule has 106 valence electrons. The summed E-state index contributed by atoms with van der Waals surface area (Å²) in [5, 5.41) is 3.12. The van der Waals surface area contributed by atoms with Gasteiger partial charge in [0.25, 0.3) is 5.91 Å². The van der Waals surface area contributed by atoms with Crippen LogP contribution in [0.4, 0.5) is 8.78 Å². The number of rotatable bonds is 2.